The first-order valence-electron chi connectivity index (χ1n) is 17.1. The van der Waals surface area contributed by atoms with Crippen molar-refractivity contribution in [2.24, 2.45) is 0 Å². The minimum absolute atomic E-state index is 0.704. The Kier molecular flexibility index (Phi) is 6.09. The predicted octanol–water partition coefficient (Wildman–Crippen LogP) is 12.8. The molecule has 0 saturated carbocycles. The second-order valence-corrected chi connectivity index (χ2v) is 14.0. The fourth-order valence-corrected chi connectivity index (χ4v) is 8.91. The molecule has 0 aliphatic rings. The van der Waals surface area contributed by atoms with Crippen molar-refractivity contribution in [2.45, 2.75) is 0 Å². The SMILES string of the molecule is c1ccc(-c2cc(-c3cc(-n4c5ccccc5c5c6oc7ccccc7c6ccc54)cc4c3sc3ccccc34)nc(-c3ccccc3)n2)cc1. The van der Waals surface area contributed by atoms with Crippen LogP contribution in [-0.4, -0.2) is 14.5 Å². The molecule has 0 fully saturated rings. The van der Waals surface area contributed by atoms with Gasteiger partial charge >= 0.3 is 0 Å². The molecular weight excluding hydrogens is 643 g/mol. The van der Waals surface area contributed by atoms with Crippen molar-refractivity contribution in [3.63, 3.8) is 0 Å². The third kappa shape index (κ3) is 4.32. The van der Waals surface area contributed by atoms with E-state index in [4.69, 9.17) is 14.4 Å². The first kappa shape index (κ1) is 28.3. The molecule has 11 rings (SSSR count). The van der Waals surface area contributed by atoms with Gasteiger partial charge in [-0.25, -0.2) is 9.97 Å². The zero-order valence-corrected chi connectivity index (χ0v) is 28.1. The van der Waals surface area contributed by atoms with Gasteiger partial charge in [-0.05, 0) is 48.5 Å². The minimum atomic E-state index is 0.704. The number of hydrogen-bond donors (Lipinski definition) is 0. The standard InChI is InChI=1S/C46H27N3OS/c1-3-13-28(14-4-1)37-27-38(48-46(47-37)29-15-5-2-6-16-29)36-26-30(25-35-32-18-9-12-22-42(32)51-45(35)36)49-39-20-10-7-19-34(39)43-40(49)24-23-33-31-17-8-11-21-41(31)50-44(33)43/h1-27H. The van der Waals surface area contributed by atoms with Crippen LogP contribution in [0.3, 0.4) is 0 Å². The topological polar surface area (TPSA) is 43.9 Å². The van der Waals surface area contributed by atoms with Crippen LogP contribution in [0.2, 0.25) is 0 Å². The molecule has 11 aromatic rings. The Balaban J connectivity index is 1.25. The molecule has 0 amide bonds. The molecular formula is C46H27N3OS. The molecule has 0 radical (unpaired) electrons. The van der Waals surface area contributed by atoms with Crippen LogP contribution in [0.25, 0.3) is 104 Å². The summed E-state index contributed by atoms with van der Waals surface area (Å²) in [5.41, 5.74) is 10.0. The van der Waals surface area contributed by atoms with Crippen LogP contribution in [-0.2, 0) is 0 Å². The van der Waals surface area contributed by atoms with Gasteiger partial charge in [0.05, 0.1) is 27.8 Å². The van der Waals surface area contributed by atoms with Crippen LogP contribution in [0.15, 0.2) is 168 Å². The number of hydrogen-bond acceptors (Lipinski definition) is 4. The lowest BCUT2D eigenvalue weighted by Gasteiger charge is -2.14. The lowest BCUT2D eigenvalue weighted by molar-refractivity contribution is 0.673. The maximum Gasteiger partial charge on any atom is 0.160 e. The molecule has 4 aromatic heterocycles. The van der Waals surface area contributed by atoms with Gasteiger partial charge in [0.15, 0.2) is 5.82 Å². The normalized spacial score (nSPS) is 11.9. The van der Waals surface area contributed by atoms with E-state index in [0.717, 1.165) is 77.5 Å². The van der Waals surface area contributed by atoms with Crippen LogP contribution >= 0.6 is 11.3 Å². The quantitative estimate of drug-likeness (QED) is 0.187. The van der Waals surface area contributed by atoms with E-state index in [-0.39, 0.29) is 0 Å². The van der Waals surface area contributed by atoms with E-state index in [1.54, 1.807) is 0 Å². The molecule has 7 aromatic carbocycles. The van der Waals surface area contributed by atoms with Crippen LogP contribution < -0.4 is 0 Å². The average Bonchev–Trinajstić information content (AvgIpc) is 3.87. The number of furan rings is 1. The largest absolute Gasteiger partial charge is 0.455 e. The predicted molar refractivity (Wildman–Crippen MR) is 213 cm³/mol. The average molecular weight is 670 g/mol. The van der Waals surface area contributed by atoms with Gasteiger partial charge in [0, 0.05) is 58.7 Å². The molecule has 0 spiro atoms. The van der Waals surface area contributed by atoms with E-state index in [1.165, 1.54) is 20.2 Å². The Bertz CT molecular complexity index is 3080. The molecule has 0 N–H and O–H groups in total. The van der Waals surface area contributed by atoms with Gasteiger partial charge in [0.1, 0.15) is 11.2 Å². The summed E-state index contributed by atoms with van der Waals surface area (Å²) in [6.07, 6.45) is 0. The summed E-state index contributed by atoms with van der Waals surface area (Å²) in [6.45, 7) is 0. The summed E-state index contributed by atoms with van der Waals surface area (Å²) in [5.74, 6) is 0.704. The summed E-state index contributed by atoms with van der Waals surface area (Å²) in [5, 5.41) is 6.99. The highest BCUT2D eigenvalue weighted by Gasteiger charge is 2.22. The van der Waals surface area contributed by atoms with Crippen molar-refractivity contribution in [2.75, 3.05) is 0 Å². The molecule has 4 nitrogen and oxygen atoms in total. The lowest BCUT2D eigenvalue weighted by Crippen LogP contribution is -1.98. The summed E-state index contributed by atoms with van der Waals surface area (Å²) >= 11 is 1.82. The molecule has 0 unspecified atom stereocenters. The molecule has 0 bridgehead atoms. The Morgan fingerprint density at radius 3 is 2.02 bits per heavy atom. The molecule has 238 valence electrons. The minimum Gasteiger partial charge on any atom is -0.455 e. The van der Waals surface area contributed by atoms with Gasteiger partial charge in [0.2, 0.25) is 0 Å². The highest BCUT2D eigenvalue weighted by atomic mass is 32.1. The van der Waals surface area contributed by atoms with Crippen molar-refractivity contribution in [1.82, 2.24) is 14.5 Å². The summed E-state index contributed by atoms with van der Waals surface area (Å²) in [6, 6.07) is 57.6. The van der Waals surface area contributed by atoms with Crippen molar-refractivity contribution < 1.29 is 4.42 Å². The molecule has 0 aliphatic carbocycles. The van der Waals surface area contributed by atoms with Gasteiger partial charge < -0.3 is 8.98 Å². The number of rotatable bonds is 4. The fourth-order valence-electron chi connectivity index (χ4n) is 7.70. The van der Waals surface area contributed by atoms with Crippen LogP contribution in [0.5, 0.6) is 0 Å². The van der Waals surface area contributed by atoms with E-state index >= 15 is 0 Å². The maximum atomic E-state index is 6.61. The van der Waals surface area contributed by atoms with E-state index in [9.17, 15) is 0 Å². The van der Waals surface area contributed by atoms with Crippen molar-refractivity contribution in [1.29, 1.82) is 0 Å². The van der Waals surface area contributed by atoms with E-state index in [0.29, 0.717) is 5.82 Å². The van der Waals surface area contributed by atoms with Gasteiger partial charge in [-0.1, -0.05) is 115 Å². The molecule has 51 heavy (non-hydrogen) atoms. The monoisotopic (exact) mass is 669 g/mol. The molecule has 0 aliphatic heterocycles. The van der Waals surface area contributed by atoms with Gasteiger partial charge in [0.25, 0.3) is 0 Å². The first-order chi connectivity index (χ1) is 25.3. The van der Waals surface area contributed by atoms with Crippen molar-refractivity contribution in [3.05, 3.63) is 164 Å². The first-order valence-corrected chi connectivity index (χ1v) is 17.9. The summed E-state index contributed by atoms with van der Waals surface area (Å²) < 4.78 is 11.5. The number of para-hydroxylation sites is 2. The highest BCUT2D eigenvalue weighted by molar-refractivity contribution is 7.26. The number of fused-ring (bicyclic) bond motifs is 10. The molecule has 0 atom stereocenters. The van der Waals surface area contributed by atoms with Gasteiger partial charge in [-0.3, -0.25) is 0 Å². The number of nitrogens with zero attached hydrogens (tertiary/aromatic N) is 3. The van der Waals surface area contributed by atoms with Crippen molar-refractivity contribution in [3.8, 4) is 39.6 Å². The maximum absolute atomic E-state index is 6.61. The van der Waals surface area contributed by atoms with Gasteiger partial charge in [-0.15, -0.1) is 11.3 Å². The second kappa shape index (κ2) is 11.0. The number of aromatic nitrogens is 3. The van der Waals surface area contributed by atoms with E-state index in [1.807, 2.05) is 41.7 Å². The third-order valence-electron chi connectivity index (χ3n) is 10.0. The van der Waals surface area contributed by atoms with Crippen LogP contribution in [0, 0.1) is 0 Å². The fraction of sp³-hybridized carbons (Fsp3) is 0. The summed E-state index contributed by atoms with van der Waals surface area (Å²) in [7, 11) is 0. The zero-order chi connectivity index (χ0) is 33.5. The van der Waals surface area contributed by atoms with Crippen LogP contribution in [0.4, 0.5) is 0 Å². The molecule has 4 heterocycles. The lowest BCUT2D eigenvalue weighted by atomic mass is 10.0. The second-order valence-electron chi connectivity index (χ2n) is 12.9. The Morgan fingerprint density at radius 1 is 0.490 bits per heavy atom. The summed E-state index contributed by atoms with van der Waals surface area (Å²) in [4.78, 5) is 10.4. The van der Waals surface area contributed by atoms with E-state index < -0.39 is 0 Å². The smallest absolute Gasteiger partial charge is 0.160 e. The van der Waals surface area contributed by atoms with Crippen molar-refractivity contribution >= 4 is 75.3 Å². The molecule has 0 saturated heterocycles. The zero-order valence-electron chi connectivity index (χ0n) is 27.2. The Hall–Kier alpha value is -6.56. The Morgan fingerprint density at radius 2 is 1.18 bits per heavy atom. The van der Waals surface area contributed by atoms with E-state index in [2.05, 4.69) is 138 Å². The molecule has 5 heteroatoms. The van der Waals surface area contributed by atoms with Crippen LogP contribution in [0.1, 0.15) is 0 Å². The number of thiophene rings is 1. The third-order valence-corrected chi connectivity index (χ3v) is 11.2. The Labute approximate surface area is 296 Å². The van der Waals surface area contributed by atoms with Gasteiger partial charge in [-0.2, -0.15) is 0 Å². The highest BCUT2D eigenvalue weighted by Crippen LogP contribution is 2.45. The number of benzene rings is 7.